The quantitative estimate of drug-likeness (QED) is 0.519. The third-order valence-corrected chi connectivity index (χ3v) is 4.85. The molecule has 3 heterocycles. The van der Waals surface area contributed by atoms with Gasteiger partial charge in [-0.3, -0.25) is 14.9 Å². The van der Waals surface area contributed by atoms with Gasteiger partial charge in [-0.1, -0.05) is 37.0 Å². The third kappa shape index (κ3) is 8.89. The summed E-state index contributed by atoms with van der Waals surface area (Å²) in [6.07, 6.45) is 14.9. The van der Waals surface area contributed by atoms with E-state index in [1.807, 2.05) is 6.92 Å². The molecule has 3 rings (SSSR count). The maximum atomic E-state index is 13.0. The van der Waals surface area contributed by atoms with Crippen molar-refractivity contribution in [3.8, 4) is 12.8 Å². The molecule has 0 amide bonds. The third-order valence-electron chi connectivity index (χ3n) is 4.85. The molecule has 1 saturated heterocycles. The van der Waals surface area contributed by atoms with Gasteiger partial charge >= 0.3 is 6.18 Å². The van der Waals surface area contributed by atoms with Gasteiger partial charge in [-0.15, -0.1) is 12.8 Å². The fourth-order valence-corrected chi connectivity index (χ4v) is 3.05. The number of aliphatic imine (C=N–C) groups is 1. The van der Waals surface area contributed by atoms with Gasteiger partial charge in [-0.05, 0) is 26.1 Å². The molecule has 184 valence electrons. The zero-order valence-electron chi connectivity index (χ0n) is 19.6. The molecule has 0 aromatic carbocycles. The summed E-state index contributed by atoms with van der Waals surface area (Å²) in [5.74, 6) is 0. The summed E-state index contributed by atoms with van der Waals surface area (Å²) in [6.45, 7) is 10.3. The van der Waals surface area contributed by atoms with E-state index in [4.69, 9.17) is 0 Å². The minimum atomic E-state index is -4.46. The van der Waals surface area contributed by atoms with Crippen LogP contribution in [0.25, 0.3) is 5.70 Å². The average Bonchev–Trinajstić information content (AvgIpc) is 3.13. The molecule has 0 atom stereocenters. The Bertz CT molecular complexity index is 1010. The highest BCUT2D eigenvalue weighted by atomic mass is 19.4. The van der Waals surface area contributed by atoms with Crippen LogP contribution in [0.5, 0.6) is 0 Å². The number of alkyl halides is 3. The lowest BCUT2D eigenvalue weighted by Gasteiger charge is -2.21. The topological polar surface area (TPSA) is 65.4 Å². The highest BCUT2D eigenvalue weighted by molar-refractivity contribution is 5.81. The first-order valence-corrected chi connectivity index (χ1v) is 10.7. The Hall–Kier alpha value is -3.35. The van der Waals surface area contributed by atoms with Crippen LogP contribution in [0.4, 0.5) is 13.2 Å². The van der Waals surface area contributed by atoms with Crippen molar-refractivity contribution >= 4 is 11.9 Å². The molecular formula is C25H32F3N5O. The summed E-state index contributed by atoms with van der Waals surface area (Å²) in [5.41, 5.74) is -0.0733. The average molecular weight is 476 g/mol. The van der Waals surface area contributed by atoms with Gasteiger partial charge < -0.3 is 10.2 Å². The highest BCUT2D eigenvalue weighted by Gasteiger charge is 2.31. The van der Waals surface area contributed by atoms with Crippen LogP contribution >= 0.6 is 0 Å². The first kappa shape index (κ1) is 28.7. The first-order chi connectivity index (χ1) is 16.3. The molecule has 0 unspecified atom stereocenters. The van der Waals surface area contributed by atoms with E-state index in [-0.39, 0.29) is 24.1 Å². The number of halogens is 3. The van der Waals surface area contributed by atoms with E-state index in [0.29, 0.717) is 11.4 Å². The molecule has 1 aromatic heterocycles. The molecule has 1 aromatic rings. The number of nitrogens with one attached hydrogen (secondary N) is 2. The van der Waals surface area contributed by atoms with Gasteiger partial charge in [0.15, 0.2) is 0 Å². The zero-order valence-corrected chi connectivity index (χ0v) is 19.6. The number of likely N-dealkylation sites (N-methyl/N-ethyl adjacent to an activating group) is 1. The molecule has 6 nitrogen and oxygen atoms in total. The van der Waals surface area contributed by atoms with Crippen LogP contribution < -0.4 is 10.9 Å². The number of nitrogens with zero attached hydrogens (tertiary/aromatic N) is 3. The van der Waals surface area contributed by atoms with Gasteiger partial charge in [-0.25, -0.2) is 4.68 Å². The van der Waals surface area contributed by atoms with E-state index in [9.17, 15) is 18.0 Å². The van der Waals surface area contributed by atoms with Gasteiger partial charge in [0, 0.05) is 38.8 Å². The van der Waals surface area contributed by atoms with Crippen molar-refractivity contribution in [1.82, 2.24) is 20.0 Å². The summed E-state index contributed by atoms with van der Waals surface area (Å²) in [7, 11) is 2.15. The number of rotatable bonds is 3. The van der Waals surface area contributed by atoms with Crippen LogP contribution in [0.15, 0.2) is 64.5 Å². The lowest BCUT2D eigenvalue weighted by molar-refractivity contribution is -0.0884. The standard InChI is InChI=1S/C18H18F3N3O.C5H12N2.C2H2/c1-3-5-8-14(4-2)24-17(25)15-12-22-11-6-7-13(18(19,20)21)9-10-16(15)23-24;1-7-4-2-6-3-5-7;1-2/h3-9,12,23H,2,10-11H2,1H3;6H,2-5H2,1H3;1-2H/b5-3-,7-6-,13-9+,14-8+,22-12?;;. The van der Waals surface area contributed by atoms with Gasteiger partial charge in [-0.2, -0.15) is 13.2 Å². The van der Waals surface area contributed by atoms with E-state index in [2.05, 4.69) is 46.8 Å². The van der Waals surface area contributed by atoms with Crippen LogP contribution in [-0.4, -0.2) is 66.8 Å². The number of piperazine rings is 1. The molecular weight excluding hydrogens is 443 g/mol. The largest absolute Gasteiger partial charge is 0.416 e. The molecule has 1 fully saturated rings. The smallest absolute Gasteiger partial charge is 0.314 e. The molecule has 0 aliphatic carbocycles. The molecule has 0 saturated carbocycles. The Morgan fingerprint density at radius 3 is 2.47 bits per heavy atom. The number of hydrogen-bond donors (Lipinski definition) is 2. The summed E-state index contributed by atoms with van der Waals surface area (Å²) in [5, 5.41) is 6.13. The molecule has 2 N–H and O–H groups in total. The van der Waals surface area contributed by atoms with Gasteiger partial charge in [0.25, 0.3) is 5.56 Å². The number of fused-ring (bicyclic) bond motifs is 1. The second kappa shape index (κ2) is 14.7. The molecule has 34 heavy (non-hydrogen) atoms. The van der Waals surface area contributed by atoms with E-state index >= 15 is 0 Å². The monoisotopic (exact) mass is 475 g/mol. The molecule has 0 spiro atoms. The highest BCUT2D eigenvalue weighted by Crippen LogP contribution is 2.27. The number of H-pyrrole nitrogens is 1. The molecule has 0 bridgehead atoms. The Morgan fingerprint density at radius 1 is 1.26 bits per heavy atom. The predicted octanol–water partition coefficient (Wildman–Crippen LogP) is 3.57. The van der Waals surface area contributed by atoms with E-state index in [1.54, 1.807) is 18.2 Å². The molecule has 2 aliphatic rings. The van der Waals surface area contributed by atoms with Gasteiger partial charge in [0.05, 0.1) is 29.1 Å². The van der Waals surface area contributed by atoms with E-state index in [1.165, 1.54) is 36.1 Å². The maximum Gasteiger partial charge on any atom is 0.416 e. The van der Waals surface area contributed by atoms with Gasteiger partial charge in [0.1, 0.15) is 0 Å². The molecule has 9 heteroatoms. The fraction of sp³-hybridized carbons (Fsp3) is 0.360. The summed E-state index contributed by atoms with van der Waals surface area (Å²) < 4.78 is 40.3. The van der Waals surface area contributed by atoms with Crippen LogP contribution in [0, 0.1) is 12.8 Å². The predicted molar refractivity (Wildman–Crippen MR) is 134 cm³/mol. The van der Waals surface area contributed by atoms with Crippen molar-refractivity contribution in [1.29, 1.82) is 0 Å². The Labute approximate surface area is 198 Å². The van der Waals surface area contributed by atoms with Crippen molar-refractivity contribution in [2.45, 2.75) is 19.5 Å². The van der Waals surface area contributed by atoms with Crippen molar-refractivity contribution < 1.29 is 13.2 Å². The number of aromatic nitrogens is 2. The van der Waals surface area contributed by atoms with Crippen LogP contribution in [0.1, 0.15) is 18.2 Å². The number of aromatic amines is 1. The lowest BCUT2D eigenvalue weighted by Crippen LogP contribution is -2.40. The summed E-state index contributed by atoms with van der Waals surface area (Å²) in [4.78, 5) is 18.9. The van der Waals surface area contributed by atoms with Crippen LogP contribution in [-0.2, 0) is 6.42 Å². The summed E-state index contributed by atoms with van der Waals surface area (Å²) in [6, 6.07) is 0. The maximum absolute atomic E-state index is 13.0. The van der Waals surface area contributed by atoms with Gasteiger partial charge in [0.2, 0.25) is 0 Å². The van der Waals surface area contributed by atoms with Crippen LogP contribution in [0.2, 0.25) is 0 Å². The minimum absolute atomic E-state index is 0.0558. The van der Waals surface area contributed by atoms with E-state index < -0.39 is 11.7 Å². The normalized spacial score (nSPS) is 19.5. The lowest BCUT2D eigenvalue weighted by atomic mass is 10.1. The molecule has 2 aliphatic heterocycles. The second-order valence-electron chi connectivity index (χ2n) is 7.28. The Balaban J connectivity index is 0.000000540. The van der Waals surface area contributed by atoms with E-state index in [0.717, 1.165) is 25.2 Å². The van der Waals surface area contributed by atoms with Crippen molar-refractivity contribution in [3.63, 3.8) is 0 Å². The number of terminal acetylenes is 1. The number of allylic oxidation sites excluding steroid dienone is 8. The van der Waals surface area contributed by atoms with Crippen molar-refractivity contribution in [2.75, 3.05) is 39.8 Å². The van der Waals surface area contributed by atoms with Crippen molar-refractivity contribution in [2.24, 2.45) is 4.99 Å². The zero-order chi connectivity index (χ0) is 25.6. The number of hydrogen-bond acceptors (Lipinski definition) is 4. The SMILES string of the molecule is C#C.C=C/C(=C\C=C/C)n1[nH]c2c(c1=O)C=NC/C=C\C(C(F)(F)F)=C/C2.CN1CCNCC1. The second-order valence-corrected chi connectivity index (χ2v) is 7.28. The fourth-order valence-electron chi connectivity index (χ4n) is 3.05. The minimum Gasteiger partial charge on any atom is -0.314 e. The summed E-state index contributed by atoms with van der Waals surface area (Å²) >= 11 is 0. The Morgan fingerprint density at radius 2 is 1.94 bits per heavy atom. The van der Waals surface area contributed by atoms with Crippen LogP contribution in [0.3, 0.4) is 0 Å². The Kier molecular flexibility index (Phi) is 12.4. The van der Waals surface area contributed by atoms with Crippen molar-refractivity contribution in [3.05, 3.63) is 76.3 Å². The first-order valence-electron chi connectivity index (χ1n) is 10.7. The molecule has 0 radical (unpaired) electrons.